The Balaban J connectivity index is 1.86. The van der Waals surface area contributed by atoms with Gasteiger partial charge in [-0.2, -0.15) is 0 Å². The Kier molecular flexibility index (Phi) is 6.66. The molecule has 1 aliphatic rings. The molecule has 4 nitrogen and oxygen atoms in total. The second kappa shape index (κ2) is 9.45. The fraction of sp³-hybridized carbons (Fsp3) is 0.407. The van der Waals surface area contributed by atoms with Gasteiger partial charge >= 0.3 is 0 Å². The first kappa shape index (κ1) is 22.5. The number of benzene rings is 1. The average Bonchev–Trinajstić information content (AvgIpc) is 3.27. The van der Waals surface area contributed by atoms with E-state index >= 15 is 0 Å². The maximum Gasteiger partial charge on any atom is 0.170 e. The van der Waals surface area contributed by atoms with Crippen molar-refractivity contribution in [3.8, 4) is 5.69 Å². The predicted molar refractivity (Wildman–Crippen MR) is 136 cm³/mol. The van der Waals surface area contributed by atoms with E-state index in [1.165, 1.54) is 33.8 Å². The lowest BCUT2D eigenvalue weighted by atomic mass is 9.96. The van der Waals surface area contributed by atoms with Crippen molar-refractivity contribution in [2.45, 2.75) is 66.0 Å². The van der Waals surface area contributed by atoms with Crippen molar-refractivity contribution >= 4 is 17.3 Å². The molecule has 4 rings (SSSR count). The standard InChI is InChI=1S/C27H34N4S/c1-6-8-16-30-26(24(29-27(30)32)23-14-9-10-15-28-23)22-17-19(4)31(20(22)5)25-18(3)12-11-13-21(25)7-2/h9-15,17,24,26H,6-8,16H2,1-5H3,(H,29,32)/t24-,26+/m1/s1. The maximum atomic E-state index is 5.82. The monoisotopic (exact) mass is 446 g/mol. The summed E-state index contributed by atoms with van der Waals surface area (Å²) in [5.41, 5.74) is 8.91. The van der Waals surface area contributed by atoms with E-state index in [0.29, 0.717) is 0 Å². The van der Waals surface area contributed by atoms with Crippen LogP contribution in [-0.2, 0) is 6.42 Å². The third-order valence-corrected chi connectivity index (χ3v) is 7.02. The molecule has 32 heavy (non-hydrogen) atoms. The summed E-state index contributed by atoms with van der Waals surface area (Å²) < 4.78 is 2.44. The molecular weight excluding hydrogens is 412 g/mol. The van der Waals surface area contributed by atoms with Crippen LogP contribution >= 0.6 is 12.2 Å². The predicted octanol–water partition coefficient (Wildman–Crippen LogP) is 6.13. The number of aromatic nitrogens is 2. The number of hydrogen-bond acceptors (Lipinski definition) is 2. The molecule has 0 amide bonds. The first-order valence-electron chi connectivity index (χ1n) is 11.7. The molecule has 0 bridgehead atoms. The Morgan fingerprint density at radius 1 is 1.06 bits per heavy atom. The highest BCUT2D eigenvalue weighted by Crippen LogP contribution is 2.42. The van der Waals surface area contributed by atoms with Crippen LogP contribution in [0.1, 0.15) is 72.5 Å². The highest BCUT2D eigenvalue weighted by atomic mass is 32.1. The van der Waals surface area contributed by atoms with E-state index in [1.807, 2.05) is 12.3 Å². The third-order valence-electron chi connectivity index (χ3n) is 6.67. The highest BCUT2D eigenvalue weighted by molar-refractivity contribution is 7.80. The molecule has 0 spiro atoms. The van der Waals surface area contributed by atoms with Gasteiger partial charge in [-0.1, -0.05) is 44.5 Å². The van der Waals surface area contributed by atoms with Crippen molar-refractivity contribution < 1.29 is 0 Å². The van der Waals surface area contributed by atoms with Crippen LogP contribution in [-0.4, -0.2) is 26.1 Å². The van der Waals surface area contributed by atoms with Gasteiger partial charge < -0.3 is 14.8 Å². The Hall–Kier alpha value is -2.66. The number of hydrogen-bond donors (Lipinski definition) is 1. The molecular formula is C27H34N4S. The van der Waals surface area contributed by atoms with Gasteiger partial charge in [-0.05, 0) is 80.7 Å². The van der Waals surface area contributed by atoms with Gasteiger partial charge in [-0.15, -0.1) is 0 Å². The molecule has 2 atom stereocenters. The van der Waals surface area contributed by atoms with Crippen molar-refractivity contribution in [3.63, 3.8) is 0 Å². The zero-order valence-electron chi connectivity index (χ0n) is 19.9. The highest BCUT2D eigenvalue weighted by Gasteiger charge is 2.41. The van der Waals surface area contributed by atoms with E-state index in [1.54, 1.807) is 0 Å². The van der Waals surface area contributed by atoms with Crippen LogP contribution in [0.5, 0.6) is 0 Å². The summed E-state index contributed by atoms with van der Waals surface area (Å²) in [6.07, 6.45) is 5.14. The number of rotatable bonds is 7. The van der Waals surface area contributed by atoms with Gasteiger partial charge in [0.2, 0.25) is 0 Å². The van der Waals surface area contributed by atoms with E-state index < -0.39 is 0 Å². The van der Waals surface area contributed by atoms with E-state index in [-0.39, 0.29) is 12.1 Å². The minimum atomic E-state index is 0.0389. The zero-order valence-corrected chi connectivity index (χ0v) is 20.7. The number of unbranched alkanes of at least 4 members (excludes halogenated alkanes) is 1. The third kappa shape index (κ3) is 3.95. The largest absolute Gasteiger partial charge is 0.352 e. The Morgan fingerprint density at radius 2 is 1.88 bits per heavy atom. The summed E-state index contributed by atoms with van der Waals surface area (Å²) in [6.45, 7) is 12.1. The lowest BCUT2D eigenvalue weighted by Gasteiger charge is -2.28. The van der Waals surface area contributed by atoms with Gasteiger partial charge in [0.05, 0.1) is 23.5 Å². The van der Waals surface area contributed by atoms with Crippen molar-refractivity contribution in [3.05, 3.63) is 82.4 Å². The fourth-order valence-electron chi connectivity index (χ4n) is 5.07. The van der Waals surface area contributed by atoms with Crippen LogP contribution in [0, 0.1) is 20.8 Å². The average molecular weight is 447 g/mol. The summed E-state index contributed by atoms with van der Waals surface area (Å²) in [5, 5.41) is 4.42. The maximum absolute atomic E-state index is 5.82. The smallest absolute Gasteiger partial charge is 0.170 e. The summed E-state index contributed by atoms with van der Waals surface area (Å²) >= 11 is 5.82. The van der Waals surface area contributed by atoms with Crippen molar-refractivity contribution in [2.24, 2.45) is 0 Å². The second-order valence-electron chi connectivity index (χ2n) is 8.77. The lowest BCUT2D eigenvalue weighted by molar-refractivity contribution is 0.312. The molecule has 0 saturated carbocycles. The minimum absolute atomic E-state index is 0.0389. The van der Waals surface area contributed by atoms with Crippen LogP contribution in [0.4, 0.5) is 0 Å². The van der Waals surface area contributed by atoms with Gasteiger partial charge in [-0.25, -0.2) is 0 Å². The summed E-state index contributed by atoms with van der Waals surface area (Å²) in [5.74, 6) is 0. The Morgan fingerprint density at radius 3 is 2.56 bits per heavy atom. The SMILES string of the molecule is CCCCN1C(=S)N[C@H](c2ccccn2)[C@@H]1c1cc(C)n(-c2c(C)cccc2CC)c1C. The zero-order chi connectivity index (χ0) is 22.8. The number of pyridine rings is 1. The van der Waals surface area contributed by atoms with Gasteiger partial charge in [0, 0.05) is 24.1 Å². The summed E-state index contributed by atoms with van der Waals surface area (Å²) in [4.78, 5) is 7.07. The fourth-order valence-corrected chi connectivity index (χ4v) is 5.40. The summed E-state index contributed by atoms with van der Waals surface area (Å²) in [6, 6.07) is 15.3. The van der Waals surface area contributed by atoms with Crippen molar-refractivity contribution in [1.82, 2.24) is 19.8 Å². The molecule has 1 aromatic carbocycles. The molecule has 1 aliphatic heterocycles. The van der Waals surface area contributed by atoms with E-state index in [9.17, 15) is 0 Å². The van der Waals surface area contributed by atoms with Crippen LogP contribution in [0.3, 0.4) is 0 Å². The van der Waals surface area contributed by atoms with Crippen LogP contribution in [0.2, 0.25) is 0 Å². The molecule has 1 N–H and O–H groups in total. The molecule has 2 aromatic heterocycles. The molecule has 5 heteroatoms. The molecule has 3 aromatic rings. The van der Waals surface area contributed by atoms with Crippen molar-refractivity contribution in [1.29, 1.82) is 0 Å². The molecule has 0 unspecified atom stereocenters. The molecule has 3 heterocycles. The summed E-state index contributed by atoms with van der Waals surface area (Å²) in [7, 11) is 0. The normalized spacial score (nSPS) is 18.3. The van der Waals surface area contributed by atoms with Crippen molar-refractivity contribution in [2.75, 3.05) is 6.54 Å². The molecule has 168 valence electrons. The van der Waals surface area contributed by atoms with E-state index in [2.05, 4.69) is 90.8 Å². The van der Waals surface area contributed by atoms with Crippen LogP contribution in [0.25, 0.3) is 5.69 Å². The Labute approximate surface area is 197 Å². The van der Waals surface area contributed by atoms with E-state index in [4.69, 9.17) is 12.2 Å². The molecule has 0 aliphatic carbocycles. The Bertz CT molecular complexity index is 1100. The topological polar surface area (TPSA) is 33.1 Å². The van der Waals surface area contributed by atoms with Crippen LogP contribution in [0.15, 0.2) is 48.7 Å². The quantitative estimate of drug-likeness (QED) is 0.442. The minimum Gasteiger partial charge on any atom is -0.352 e. The number of nitrogens with one attached hydrogen (secondary N) is 1. The number of aryl methyl sites for hydroxylation is 3. The van der Waals surface area contributed by atoms with Crippen LogP contribution < -0.4 is 5.32 Å². The van der Waals surface area contributed by atoms with Gasteiger partial charge in [0.25, 0.3) is 0 Å². The molecule has 1 fully saturated rings. The van der Waals surface area contributed by atoms with E-state index in [0.717, 1.165) is 36.6 Å². The number of thiocarbonyl (C=S) groups is 1. The molecule has 1 saturated heterocycles. The molecule has 0 radical (unpaired) electrons. The lowest BCUT2D eigenvalue weighted by Crippen LogP contribution is -2.30. The number of nitrogens with zero attached hydrogens (tertiary/aromatic N) is 3. The van der Waals surface area contributed by atoms with Gasteiger partial charge in [-0.3, -0.25) is 4.98 Å². The van der Waals surface area contributed by atoms with Gasteiger partial charge in [0.1, 0.15) is 0 Å². The first-order valence-corrected chi connectivity index (χ1v) is 12.1. The second-order valence-corrected chi connectivity index (χ2v) is 9.16. The number of para-hydroxylation sites is 1. The first-order chi connectivity index (χ1) is 15.5. The van der Waals surface area contributed by atoms with Gasteiger partial charge in [0.15, 0.2) is 5.11 Å².